The average Bonchev–Trinajstić information content (AvgIpc) is 2.96. The molecule has 0 bridgehead atoms. The number of rotatable bonds is 1. The zero-order valence-electron chi connectivity index (χ0n) is 9.69. The predicted molar refractivity (Wildman–Crippen MR) is 64.0 cm³/mol. The summed E-state index contributed by atoms with van der Waals surface area (Å²) in [4.78, 5) is 14.1. The Labute approximate surface area is 100 Å². The largest absolute Gasteiger partial charge is 0.399 e. The van der Waals surface area contributed by atoms with Crippen molar-refractivity contribution in [1.82, 2.24) is 4.90 Å². The monoisotopic (exact) mass is 232 g/mol. The molecule has 1 atom stereocenters. The molecule has 0 aliphatic carbocycles. The molecule has 1 unspecified atom stereocenters. The summed E-state index contributed by atoms with van der Waals surface area (Å²) >= 11 is 0. The number of ether oxygens (including phenoxy) is 1. The van der Waals surface area contributed by atoms with E-state index in [9.17, 15) is 4.79 Å². The fourth-order valence-electron chi connectivity index (χ4n) is 2.56. The number of nitrogens with two attached hydrogens (primary N) is 1. The molecule has 2 aliphatic heterocycles. The van der Waals surface area contributed by atoms with Gasteiger partial charge >= 0.3 is 0 Å². The molecule has 90 valence electrons. The molecule has 0 spiro atoms. The summed E-state index contributed by atoms with van der Waals surface area (Å²) in [6.45, 7) is 2.69. The number of nitrogen functional groups attached to an aromatic ring is 1. The van der Waals surface area contributed by atoms with E-state index in [0.717, 1.165) is 12.1 Å². The maximum absolute atomic E-state index is 12.2. The van der Waals surface area contributed by atoms with E-state index in [-0.39, 0.29) is 11.8 Å². The van der Waals surface area contributed by atoms with E-state index in [1.54, 1.807) is 0 Å². The number of carbonyl (C=O) groups is 1. The van der Waals surface area contributed by atoms with E-state index < -0.39 is 0 Å². The van der Waals surface area contributed by atoms with Crippen LogP contribution >= 0.6 is 0 Å². The zero-order valence-corrected chi connectivity index (χ0v) is 9.69. The maximum atomic E-state index is 12.2. The third-order valence-electron chi connectivity index (χ3n) is 3.54. The van der Waals surface area contributed by atoms with Crippen LogP contribution in [-0.2, 0) is 22.6 Å². The van der Waals surface area contributed by atoms with Gasteiger partial charge in [0, 0.05) is 25.4 Å². The highest BCUT2D eigenvalue weighted by molar-refractivity contribution is 5.80. The van der Waals surface area contributed by atoms with Gasteiger partial charge in [0.05, 0.1) is 12.5 Å². The van der Waals surface area contributed by atoms with Crippen LogP contribution in [0.5, 0.6) is 0 Å². The van der Waals surface area contributed by atoms with Crippen LogP contribution in [0.2, 0.25) is 0 Å². The SMILES string of the molecule is Nc1ccc2c(c1)CN(C(=O)C1CCOC1)C2. The smallest absolute Gasteiger partial charge is 0.228 e. The molecule has 17 heavy (non-hydrogen) atoms. The highest BCUT2D eigenvalue weighted by Gasteiger charge is 2.31. The van der Waals surface area contributed by atoms with E-state index in [1.165, 1.54) is 11.1 Å². The number of hydrogen-bond donors (Lipinski definition) is 1. The fraction of sp³-hybridized carbons (Fsp3) is 0.462. The summed E-state index contributed by atoms with van der Waals surface area (Å²) in [6, 6.07) is 5.88. The third-order valence-corrected chi connectivity index (χ3v) is 3.54. The van der Waals surface area contributed by atoms with Crippen molar-refractivity contribution >= 4 is 11.6 Å². The molecule has 1 aromatic rings. The Bertz CT molecular complexity index is 453. The molecule has 1 aromatic carbocycles. The fourth-order valence-corrected chi connectivity index (χ4v) is 2.56. The van der Waals surface area contributed by atoms with Crippen LogP contribution in [0.3, 0.4) is 0 Å². The van der Waals surface area contributed by atoms with Crippen molar-refractivity contribution in [3.8, 4) is 0 Å². The van der Waals surface area contributed by atoms with Gasteiger partial charge in [-0.15, -0.1) is 0 Å². The van der Waals surface area contributed by atoms with Gasteiger partial charge in [0.25, 0.3) is 0 Å². The van der Waals surface area contributed by atoms with Gasteiger partial charge in [0.2, 0.25) is 5.91 Å². The average molecular weight is 232 g/mol. The van der Waals surface area contributed by atoms with Crippen LogP contribution in [0.25, 0.3) is 0 Å². The van der Waals surface area contributed by atoms with E-state index in [2.05, 4.69) is 0 Å². The summed E-state index contributed by atoms with van der Waals surface area (Å²) in [7, 11) is 0. The molecule has 4 heteroatoms. The minimum atomic E-state index is 0.0571. The molecule has 2 N–H and O–H groups in total. The van der Waals surface area contributed by atoms with E-state index >= 15 is 0 Å². The summed E-state index contributed by atoms with van der Waals surface area (Å²) < 4.78 is 5.27. The highest BCUT2D eigenvalue weighted by atomic mass is 16.5. The lowest BCUT2D eigenvalue weighted by Crippen LogP contribution is -2.32. The van der Waals surface area contributed by atoms with Crippen molar-refractivity contribution in [3.05, 3.63) is 29.3 Å². The first-order valence-electron chi connectivity index (χ1n) is 5.98. The quantitative estimate of drug-likeness (QED) is 0.739. The number of fused-ring (bicyclic) bond motifs is 1. The number of hydrogen-bond acceptors (Lipinski definition) is 3. The standard InChI is InChI=1S/C13H16N2O2/c14-12-2-1-9-6-15(7-11(9)5-12)13(16)10-3-4-17-8-10/h1-2,5,10H,3-4,6-8,14H2. The molecular weight excluding hydrogens is 216 g/mol. The molecule has 2 aliphatic rings. The molecule has 0 saturated carbocycles. The minimum absolute atomic E-state index is 0.0571. The van der Waals surface area contributed by atoms with Crippen LogP contribution in [0, 0.1) is 5.92 Å². The van der Waals surface area contributed by atoms with Gasteiger partial charge in [-0.3, -0.25) is 4.79 Å². The Morgan fingerprint density at radius 3 is 2.94 bits per heavy atom. The van der Waals surface area contributed by atoms with E-state index in [1.807, 2.05) is 23.1 Å². The maximum Gasteiger partial charge on any atom is 0.228 e. The highest BCUT2D eigenvalue weighted by Crippen LogP contribution is 2.27. The normalized spacial score (nSPS) is 22.8. The molecular formula is C13H16N2O2. The molecule has 0 aromatic heterocycles. The lowest BCUT2D eigenvalue weighted by atomic mass is 10.1. The van der Waals surface area contributed by atoms with Crippen molar-refractivity contribution in [2.75, 3.05) is 18.9 Å². The number of carbonyl (C=O) groups excluding carboxylic acids is 1. The van der Waals surface area contributed by atoms with Gasteiger partial charge in [0.15, 0.2) is 0 Å². The molecule has 3 rings (SSSR count). The summed E-state index contributed by atoms with van der Waals surface area (Å²) in [5, 5.41) is 0. The summed E-state index contributed by atoms with van der Waals surface area (Å²) in [6.07, 6.45) is 0.855. The van der Waals surface area contributed by atoms with E-state index in [0.29, 0.717) is 26.3 Å². The molecule has 0 radical (unpaired) electrons. The lowest BCUT2D eigenvalue weighted by Gasteiger charge is -2.18. The first kappa shape index (κ1) is 10.6. The second kappa shape index (κ2) is 4.04. The van der Waals surface area contributed by atoms with Gasteiger partial charge in [-0.25, -0.2) is 0 Å². The Hall–Kier alpha value is -1.55. The number of nitrogens with zero attached hydrogens (tertiary/aromatic N) is 1. The zero-order chi connectivity index (χ0) is 11.8. The summed E-state index contributed by atoms with van der Waals surface area (Å²) in [5.41, 5.74) is 8.91. The summed E-state index contributed by atoms with van der Waals surface area (Å²) in [5.74, 6) is 0.277. The van der Waals surface area contributed by atoms with Gasteiger partial charge in [-0.2, -0.15) is 0 Å². The molecule has 1 fully saturated rings. The predicted octanol–water partition coefficient (Wildman–Crippen LogP) is 1.15. The van der Waals surface area contributed by atoms with Crippen molar-refractivity contribution in [2.24, 2.45) is 5.92 Å². The second-order valence-electron chi connectivity index (χ2n) is 4.78. The van der Waals surface area contributed by atoms with Crippen LogP contribution in [0.4, 0.5) is 5.69 Å². The first-order chi connectivity index (χ1) is 8.24. The second-order valence-corrected chi connectivity index (χ2v) is 4.78. The third kappa shape index (κ3) is 1.89. The van der Waals surface area contributed by atoms with Gasteiger partial charge in [-0.05, 0) is 29.7 Å². The van der Waals surface area contributed by atoms with Crippen molar-refractivity contribution in [1.29, 1.82) is 0 Å². The topological polar surface area (TPSA) is 55.6 Å². The van der Waals surface area contributed by atoms with Crippen LogP contribution in [0.1, 0.15) is 17.5 Å². The number of anilines is 1. The van der Waals surface area contributed by atoms with Gasteiger partial charge in [-0.1, -0.05) is 6.07 Å². The Morgan fingerprint density at radius 2 is 2.18 bits per heavy atom. The molecule has 4 nitrogen and oxygen atoms in total. The van der Waals surface area contributed by atoms with Crippen molar-refractivity contribution in [2.45, 2.75) is 19.5 Å². The van der Waals surface area contributed by atoms with Gasteiger partial charge < -0.3 is 15.4 Å². The minimum Gasteiger partial charge on any atom is -0.399 e. The Balaban J connectivity index is 1.75. The van der Waals surface area contributed by atoms with Crippen molar-refractivity contribution in [3.63, 3.8) is 0 Å². The Kier molecular flexibility index (Phi) is 2.52. The van der Waals surface area contributed by atoms with Crippen LogP contribution in [-0.4, -0.2) is 24.0 Å². The molecule has 1 amide bonds. The lowest BCUT2D eigenvalue weighted by molar-refractivity contribution is -0.136. The van der Waals surface area contributed by atoms with Crippen LogP contribution in [0.15, 0.2) is 18.2 Å². The Morgan fingerprint density at radius 1 is 1.35 bits per heavy atom. The van der Waals surface area contributed by atoms with E-state index in [4.69, 9.17) is 10.5 Å². The van der Waals surface area contributed by atoms with Gasteiger partial charge in [0.1, 0.15) is 0 Å². The molecule has 1 saturated heterocycles. The molecule has 2 heterocycles. The number of amides is 1. The van der Waals surface area contributed by atoms with Crippen LogP contribution < -0.4 is 5.73 Å². The van der Waals surface area contributed by atoms with Crippen molar-refractivity contribution < 1.29 is 9.53 Å². The first-order valence-corrected chi connectivity index (χ1v) is 5.98. The number of benzene rings is 1.